The predicted octanol–water partition coefficient (Wildman–Crippen LogP) is 2.93. The molecule has 136 valence electrons. The molecule has 1 aliphatic heterocycles. The molecule has 0 aliphatic carbocycles. The Morgan fingerprint density at radius 2 is 2.04 bits per heavy atom. The van der Waals surface area contributed by atoms with Crippen LogP contribution in [0.4, 0.5) is 0 Å². The Morgan fingerprint density at radius 3 is 2.64 bits per heavy atom. The maximum atomic E-state index is 12.6. The molecule has 2 N–H and O–H groups in total. The molecule has 1 amide bonds. The lowest BCUT2D eigenvalue weighted by atomic mass is 9.79. The minimum absolute atomic E-state index is 0.00131. The van der Waals surface area contributed by atoms with Crippen LogP contribution in [0, 0.1) is 0 Å². The van der Waals surface area contributed by atoms with E-state index < -0.39 is 0 Å². The van der Waals surface area contributed by atoms with E-state index in [1.165, 1.54) is 11.3 Å². The Bertz CT molecular complexity index is 745. The zero-order valence-electron chi connectivity index (χ0n) is 15.6. The van der Waals surface area contributed by atoms with Crippen LogP contribution in [-0.4, -0.2) is 37.8 Å². The number of hydrogen-bond donors (Lipinski definition) is 2. The highest BCUT2D eigenvalue weighted by atomic mass is 32.1. The van der Waals surface area contributed by atoms with Gasteiger partial charge in [-0.3, -0.25) is 4.79 Å². The highest BCUT2D eigenvalue weighted by molar-refractivity contribution is 7.12. The monoisotopic (exact) mass is 361 g/mol. The van der Waals surface area contributed by atoms with E-state index >= 15 is 0 Å². The average molecular weight is 362 g/mol. The number of aromatic nitrogens is 3. The van der Waals surface area contributed by atoms with Gasteiger partial charge in [0.15, 0.2) is 0 Å². The van der Waals surface area contributed by atoms with Crippen LogP contribution in [-0.2, 0) is 6.42 Å². The fourth-order valence-corrected chi connectivity index (χ4v) is 4.64. The van der Waals surface area contributed by atoms with Gasteiger partial charge in [0.05, 0.1) is 17.5 Å². The first kappa shape index (κ1) is 18.1. The van der Waals surface area contributed by atoms with Gasteiger partial charge in [0, 0.05) is 28.7 Å². The largest absolute Gasteiger partial charge is 0.349 e. The van der Waals surface area contributed by atoms with Gasteiger partial charge in [-0.15, -0.1) is 11.3 Å². The van der Waals surface area contributed by atoms with Gasteiger partial charge < -0.3 is 10.6 Å². The summed E-state index contributed by atoms with van der Waals surface area (Å²) >= 11 is 1.54. The van der Waals surface area contributed by atoms with Gasteiger partial charge >= 0.3 is 0 Å². The third-order valence-corrected chi connectivity index (χ3v) is 5.35. The summed E-state index contributed by atoms with van der Waals surface area (Å²) < 4.78 is 1.68. The molecule has 6 nitrogen and oxygen atoms in total. The summed E-state index contributed by atoms with van der Waals surface area (Å²) in [5.41, 5.74) is 1.62. The van der Waals surface area contributed by atoms with Crippen molar-refractivity contribution in [2.75, 3.05) is 0 Å². The second kappa shape index (κ2) is 6.53. The first-order valence-electron chi connectivity index (χ1n) is 8.77. The first-order chi connectivity index (χ1) is 11.7. The fraction of sp³-hybridized carbons (Fsp3) is 0.611. The lowest BCUT2D eigenvalue weighted by Crippen LogP contribution is -2.62. The maximum Gasteiger partial charge on any atom is 0.254 e. The molecule has 25 heavy (non-hydrogen) atoms. The molecule has 2 aromatic heterocycles. The fourth-order valence-electron chi connectivity index (χ4n) is 3.80. The van der Waals surface area contributed by atoms with Gasteiger partial charge in [-0.05, 0) is 47.0 Å². The Labute approximate surface area is 153 Å². The number of nitrogens with zero attached hydrogens (tertiary/aromatic N) is 3. The normalized spacial score (nSPS) is 19.7. The first-order valence-corrected chi connectivity index (χ1v) is 9.65. The molecular formula is C18H27N5OS. The number of carbonyl (C=O) groups excluding carboxylic acids is 1. The van der Waals surface area contributed by atoms with Gasteiger partial charge in [-0.25, -0.2) is 9.67 Å². The second-order valence-electron chi connectivity index (χ2n) is 8.12. The predicted molar refractivity (Wildman–Crippen MR) is 100 cm³/mol. The Kier molecular flexibility index (Phi) is 4.72. The number of carbonyl (C=O) groups is 1. The lowest BCUT2D eigenvalue weighted by Gasteiger charge is -2.46. The maximum absolute atomic E-state index is 12.6. The van der Waals surface area contributed by atoms with Crippen molar-refractivity contribution in [1.29, 1.82) is 0 Å². The van der Waals surface area contributed by atoms with Gasteiger partial charge in [0.2, 0.25) is 5.13 Å². The molecular weight excluding hydrogens is 334 g/mol. The summed E-state index contributed by atoms with van der Waals surface area (Å²) in [7, 11) is 0. The van der Waals surface area contributed by atoms with Gasteiger partial charge in [0.1, 0.15) is 0 Å². The summed E-state index contributed by atoms with van der Waals surface area (Å²) in [6.07, 6.45) is 6.07. The van der Waals surface area contributed by atoms with E-state index in [2.05, 4.69) is 55.3 Å². The highest BCUT2D eigenvalue weighted by Gasteiger charge is 2.38. The molecule has 0 saturated carbocycles. The second-order valence-corrected chi connectivity index (χ2v) is 8.96. The topological polar surface area (TPSA) is 71.8 Å². The Morgan fingerprint density at radius 1 is 1.36 bits per heavy atom. The molecule has 3 rings (SSSR count). The van der Waals surface area contributed by atoms with Crippen molar-refractivity contribution in [3.8, 4) is 5.13 Å². The minimum Gasteiger partial charge on any atom is -0.349 e. The van der Waals surface area contributed by atoms with E-state index in [1.54, 1.807) is 17.1 Å². The van der Waals surface area contributed by atoms with Crippen LogP contribution < -0.4 is 10.6 Å². The van der Waals surface area contributed by atoms with Crippen LogP contribution in [0.25, 0.3) is 5.13 Å². The standard InChI is InChI=1S/C18H27N5OS/c1-6-13-11-25-16(21-13)23-10-12(9-19-23)15(24)20-14-7-17(2,3)22-18(4,5)8-14/h9-11,14,22H,6-8H2,1-5H3,(H,20,24). The van der Waals surface area contributed by atoms with Crippen LogP contribution in [0.2, 0.25) is 0 Å². The summed E-state index contributed by atoms with van der Waals surface area (Å²) in [6, 6.07) is 0.147. The summed E-state index contributed by atoms with van der Waals surface area (Å²) in [4.78, 5) is 17.1. The zero-order chi connectivity index (χ0) is 18.2. The molecule has 0 bridgehead atoms. The Balaban J connectivity index is 1.69. The van der Waals surface area contributed by atoms with Gasteiger partial charge in [0.25, 0.3) is 5.91 Å². The van der Waals surface area contributed by atoms with E-state index in [1.807, 2.05) is 5.38 Å². The molecule has 0 radical (unpaired) electrons. The van der Waals surface area contributed by atoms with Crippen molar-refractivity contribution < 1.29 is 4.79 Å². The third-order valence-electron chi connectivity index (χ3n) is 4.47. The number of aryl methyl sites for hydroxylation is 1. The molecule has 0 spiro atoms. The van der Waals surface area contributed by atoms with E-state index in [0.717, 1.165) is 30.1 Å². The highest BCUT2D eigenvalue weighted by Crippen LogP contribution is 2.28. The molecule has 0 atom stereocenters. The molecule has 1 aliphatic rings. The van der Waals surface area contributed by atoms with Crippen molar-refractivity contribution in [3.63, 3.8) is 0 Å². The van der Waals surface area contributed by atoms with Crippen LogP contribution in [0.15, 0.2) is 17.8 Å². The Hall–Kier alpha value is -1.73. The quantitative estimate of drug-likeness (QED) is 0.878. The van der Waals surface area contributed by atoms with Crippen LogP contribution in [0.3, 0.4) is 0 Å². The van der Waals surface area contributed by atoms with Crippen LogP contribution in [0.1, 0.15) is 63.5 Å². The summed E-state index contributed by atoms with van der Waals surface area (Å²) in [6.45, 7) is 10.8. The van der Waals surface area contributed by atoms with Crippen LogP contribution in [0.5, 0.6) is 0 Å². The number of amides is 1. The smallest absolute Gasteiger partial charge is 0.254 e. The van der Waals surface area contributed by atoms with E-state index in [4.69, 9.17) is 0 Å². The molecule has 0 unspecified atom stereocenters. The number of thiazole rings is 1. The summed E-state index contributed by atoms with van der Waals surface area (Å²) in [5, 5.41) is 13.9. The molecule has 7 heteroatoms. The van der Waals surface area contributed by atoms with Crippen molar-refractivity contribution in [2.24, 2.45) is 0 Å². The van der Waals surface area contributed by atoms with Gasteiger partial charge in [-0.2, -0.15) is 5.10 Å². The lowest BCUT2D eigenvalue weighted by molar-refractivity contribution is 0.0873. The SMILES string of the molecule is CCc1csc(-n2cc(C(=O)NC3CC(C)(C)NC(C)(C)C3)cn2)n1. The van der Waals surface area contributed by atoms with E-state index in [9.17, 15) is 4.79 Å². The minimum atomic E-state index is -0.0722. The molecule has 1 fully saturated rings. The van der Waals surface area contributed by atoms with E-state index in [0.29, 0.717) is 5.56 Å². The average Bonchev–Trinajstić information content (AvgIpc) is 3.12. The van der Waals surface area contributed by atoms with Crippen molar-refractivity contribution in [2.45, 2.75) is 71.0 Å². The number of rotatable bonds is 4. The van der Waals surface area contributed by atoms with Crippen molar-refractivity contribution >= 4 is 17.2 Å². The number of hydrogen-bond acceptors (Lipinski definition) is 5. The number of nitrogens with one attached hydrogen (secondary N) is 2. The van der Waals surface area contributed by atoms with Crippen molar-refractivity contribution in [3.05, 3.63) is 29.0 Å². The molecule has 1 saturated heterocycles. The third kappa shape index (κ3) is 4.27. The molecule has 0 aromatic carbocycles. The van der Waals surface area contributed by atoms with E-state index in [-0.39, 0.29) is 23.0 Å². The number of piperidine rings is 1. The van der Waals surface area contributed by atoms with Gasteiger partial charge in [-0.1, -0.05) is 6.92 Å². The molecule has 2 aromatic rings. The molecule has 3 heterocycles. The van der Waals surface area contributed by atoms with Crippen molar-refractivity contribution in [1.82, 2.24) is 25.4 Å². The van der Waals surface area contributed by atoms with Crippen LogP contribution >= 0.6 is 11.3 Å². The summed E-state index contributed by atoms with van der Waals surface area (Å²) in [5.74, 6) is -0.0722. The zero-order valence-corrected chi connectivity index (χ0v) is 16.4.